The molecule has 21 heavy (non-hydrogen) atoms. The summed E-state index contributed by atoms with van der Waals surface area (Å²) in [5.41, 5.74) is 1.64. The summed E-state index contributed by atoms with van der Waals surface area (Å²) in [5, 5.41) is 3.25. The zero-order valence-corrected chi connectivity index (χ0v) is 13.0. The standard InChI is InChI=1S/C16H14BrF2NO/c1-10-5-6-13(18)14(15(10)19)16(21)20-9-12-4-2-3-11(7-12)8-17/h2-7H,8-9H2,1H3,(H,20,21). The molecule has 0 bridgehead atoms. The number of carbonyl (C=O) groups excluding carboxylic acids is 1. The van der Waals surface area contributed by atoms with Gasteiger partial charge in [0.15, 0.2) is 0 Å². The van der Waals surface area contributed by atoms with E-state index >= 15 is 0 Å². The summed E-state index contributed by atoms with van der Waals surface area (Å²) in [6.45, 7) is 1.71. The fraction of sp³-hybridized carbons (Fsp3) is 0.188. The second-order valence-corrected chi connectivity index (χ2v) is 5.25. The third kappa shape index (κ3) is 3.67. The predicted molar refractivity (Wildman–Crippen MR) is 81.3 cm³/mol. The van der Waals surface area contributed by atoms with Gasteiger partial charge in [-0.25, -0.2) is 8.78 Å². The van der Waals surface area contributed by atoms with Crippen molar-refractivity contribution < 1.29 is 13.6 Å². The largest absolute Gasteiger partial charge is 0.348 e. The summed E-state index contributed by atoms with van der Waals surface area (Å²) in [6, 6.07) is 9.97. The number of nitrogens with one attached hydrogen (secondary N) is 1. The number of amides is 1. The van der Waals surface area contributed by atoms with E-state index in [9.17, 15) is 13.6 Å². The first-order valence-electron chi connectivity index (χ1n) is 6.39. The van der Waals surface area contributed by atoms with Crippen molar-refractivity contribution in [2.24, 2.45) is 0 Å². The Morgan fingerprint density at radius 2 is 1.90 bits per heavy atom. The molecule has 2 nitrogen and oxygen atoms in total. The Balaban J connectivity index is 2.14. The summed E-state index contributed by atoms with van der Waals surface area (Å²) in [6.07, 6.45) is 0. The molecule has 0 saturated carbocycles. The lowest BCUT2D eigenvalue weighted by molar-refractivity contribution is 0.0942. The van der Waals surface area contributed by atoms with E-state index in [-0.39, 0.29) is 12.1 Å². The van der Waals surface area contributed by atoms with Gasteiger partial charge in [-0.05, 0) is 29.7 Å². The second kappa shape index (κ2) is 6.80. The van der Waals surface area contributed by atoms with Crippen molar-refractivity contribution in [3.8, 4) is 0 Å². The van der Waals surface area contributed by atoms with E-state index in [4.69, 9.17) is 0 Å². The smallest absolute Gasteiger partial charge is 0.257 e. The monoisotopic (exact) mass is 353 g/mol. The van der Waals surface area contributed by atoms with Gasteiger partial charge in [-0.2, -0.15) is 0 Å². The average molecular weight is 354 g/mol. The van der Waals surface area contributed by atoms with E-state index in [1.807, 2.05) is 24.3 Å². The third-order valence-corrected chi connectivity index (χ3v) is 3.76. The topological polar surface area (TPSA) is 29.1 Å². The van der Waals surface area contributed by atoms with Crippen LogP contribution in [-0.2, 0) is 11.9 Å². The number of hydrogen-bond donors (Lipinski definition) is 1. The van der Waals surface area contributed by atoms with Gasteiger partial charge in [-0.1, -0.05) is 46.3 Å². The van der Waals surface area contributed by atoms with Crippen molar-refractivity contribution >= 4 is 21.8 Å². The summed E-state index contributed by atoms with van der Waals surface area (Å²) in [4.78, 5) is 12.0. The highest BCUT2D eigenvalue weighted by Gasteiger charge is 2.18. The number of benzene rings is 2. The van der Waals surface area contributed by atoms with Gasteiger partial charge in [-0.3, -0.25) is 4.79 Å². The maximum Gasteiger partial charge on any atom is 0.257 e. The zero-order chi connectivity index (χ0) is 15.4. The summed E-state index contributed by atoms with van der Waals surface area (Å²) in [5.74, 6) is -2.43. The highest BCUT2D eigenvalue weighted by molar-refractivity contribution is 9.08. The van der Waals surface area contributed by atoms with E-state index in [0.717, 1.165) is 17.2 Å². The van der Waals surface area contributed by atoms with Crippen LogP contribution in [0.25, 0.3) is 0 Å². The van der Waals surface area contributed by atoms with E-state index in [1.165, 1.54) is 13.0 Å². The van der Waals surface area contributed by atoms with E-state index in [0.29, 0.717) is 5.33 Å². The number of halogens is 3. The van der Waals surface area contributed by atoms with Gasteiger partial charge in [0.2, 0.25) is 0 Å². The molecule has 0 saturated heterocycles. The number of alkyl halides is 1. The van der Waals surface area contributed by atoms with Gasteiger partial charge < -0.3 is 5.32 Å². The molecule has 2 aromatic rings. The molecule has 0 unspecified atom stereocenters. The molecule has 0 aliphatic heterocycles. The minimum atomic E-state index is -0.857. The van der Waals surface area contributed by atoms with Gasteiger partial charge >= 0.3 is 0 Å². The minimum Gasteiger partial charge on any atom is -0.348 e. The molecule has 0 aliphatic carbocycles. The Bertz CT molecular complexity index is 673. The lowest BCUT2D eigenvalue weighted by atomic mass is 10.1. The Kier molecular flexibility index (Phi) is 5.07. The van der Waals surface area contributed by atoms with Gasteiger partial charge in [0, 0.05) is 11.9 Å². The first-order valence-corrected chi connectivity index (χ1v) is 7.51. The molecule has 1 N–H and O–H groups in total. The quantitative estimate of drug-likeness (QED) is 0.823. The number of carbonyl (C=O) groups is 1. The molecule has 1 amide bonds. The molecule has 0 atom stereocenters. The van der Waals surface area contributed by atoms with E-state index < -0.39 is 23.1 Å². The number of hydrogen-bond acceptors (Lipinski definition) is 1. The molecule has 0 radical (unpaired) electrons. The van der Waals surface area contributed by atoms with Crippen LogP contribution >= 0.6 is 15.9 Å². The van der Waals surface area contributed by atoms with Crippen molar-refractivity contribution in [2.75, 3.05) is 0 Å². The highest BCUT2D eigenvalue weighted by atomic mass is 79.9. The first-order chi connectivity index (χ1) is 10.0. The first kappa shape index (κ1) is 15.6. The molecule has 0 fully saturated rings. The van der Waals surface area contributed by atoms with Crippen LogP contribution in [-0.4, -0.2) is 5.91 Å². The van der Waals surface area contributed by atoms with Gasteiger partial charge in [-0.15, -0.1) is 0 Å². The maximum atomic E-state index is 13.9. The van der Waals surface area contributed by atoms with Crippen LogP contribution in [0.15, 0.2) is 36.4 Å². The van der Waals surface area contributed by atoms with Crippen LogP contribution in [0, 0.1) is 18.6 Å². The molecule has 2 rings (SSSR count). The molecule has 5 heteroatoms. The molecule has 0 spiro atoms. The average Bonchev–Trinajstić information content (AvgIpc) is 2.49. The van der Waals surface area contributed by atoms with Crippen LogP contribution < -0.4 is 5.32 Å². The molecular formula is C16H14BrF2NO. The lowest BCUT2D eigenvalue weighted by Crippen LogP contribution is -2.25. The van der Waals surface area contributed by atoms with Crippen LogP contribution in [0.2, 0.25) is 0 Å². The van der Waals surface area contributed by atoms with Crippen molar-refractivity contribution in [3.63, 3.8) is 0 Å². The van der Waals surface area contributed by atoms with Gasteiger partial charge in [0.25, 0.3) is 5.91 Å². The van der Waals surface area contributed by atoms with E-state index in [2.05, 4.69) is 21.2 Å². The SMILES string of the molecule is Cc1ccc(F)c(C(=O)NCc2cccc(CBr)c2)c1F. The fourth-order valence-electron chi connectivity index (χ4n) is 1.96. The Morgan fingerprint density at radius 1 is 1.19 bits per heavy atom. The summed E-state index contributed by atoms with van der Waals surface area (Å²) >= 11 is 3.35. The predicted octanol–water partition coefficient (Wildman–Crippen LogP) is 4.10. The molecule has 110 valence electrons. The molecule has 2 aromatic carbocycles. The normalized spacial score (nSPS) is 10.5. The van der Waals surface area contributed by atoms with Gasteiger partial charge in [0.1, 0.15) is 17.2 Å². The number of rotatable bonds is 4. The molecular weight excluding hydrogens is 340 g/mol. The molecule has 0 aliphatic rings. The van der Waals surface area contributed by atoms with Crippen LogP contribution in [0.3, 0.4) is 0 Å². The Labute approximate surface area is 130 Å². The molecule has 0 heterocycles. The van der Waals surface area contributed by atoms with Crippen molar-refractivity contribution in [2.45, 2.75) is 18.8 Å². The van der Waals surface area contributed by atoms with Crippen molar-refractivity contribution in [1.82, 2.24) is 5.32 Å². The highest BCUT2D eigenvalue weighted by Crippen LogP contribution is 2.16. The zero-order valence-electron chi connectivity index (χ0n) is 11.4. The van der Waals surface area contributed by atoms with Crippen molar-refractivity contribution in [1.29, 1.82) is 0 Å². The van der Waals surface area contributed by atoms with Crippen LogP contribution in [0.1, 0.15) is 27.0 Å². The van der Waals surface area contributed by atoms with Crippen LogP contribution in [0.4, 0.5) is 8.78 Å². The van der Waals surface area contributed by atoms with Gasteiger partial charge in [0.05, 0.1) is 0 Å². The fourth-order valence-corrected chi connectivity index (χ4v) is 2.31. The van der Waals surface area contributed by atoms with E-state index in [1.54, 1.807) is 0 Å². The lowest BCUT2D eigenvalue weighted by Gasteiger charge is -2.09. The Hall–Kier alpha value is -1.75. The summed E-state index contributed by atoms with van der Waals surface area (Å²) in [7, 11) is 0. The number of aryl methyl sites for hydroxylation is 1. The Morgan fingerprint density at radius 3 is 2.62 bits per heavy atom. The van der Waals surface area contributed by atoms with Crippen molar-refractivity contribution in [3.05, 3.63) is 70.3 Å². The second-order valence-electron chi connectivity index (χ2n) is 4.69. The maximum absolute atomic E-state index is 13.9. The minimum absolute atomic E-state index is 0.215. The third-order valence-electron chi connectivity index (χ3n) is 3.11. The molecule has 0 aromatic heterocycles. The summed E-state index contributed by atoms with van der Waals surface area (Å²) < 4.78 is 27.5. The van der Waals surface area contributed by atoms with Crippen LogP contribution in [0.5, 0.6) is 0 Å².